The number of amides is 1. The van der Waals surface area contributed by atoms with Gasteiger partial charge in [0.25, 0.3) is 0 Å². The Balaban J connectivity index is 1.88. The molecule has 0 saturated carbocycles. The Labute approximate surface area is 122 Å². The van der Waals surface area contributed by atoms with Gasteiger partial charge in [0, 0.05) is 12.6 Å². The summed E-state index contributed by atoms with van der Waals surface area (Å²) in [5.41, 5.74) is 2.60. The minimum atomic E-state index is -0.0933. The highest BCUT2D eigenvalue weighted by Crippen LogP contribution is 2.16. The van der Waals surface area contributed by atoms with Gasteiger partial charge in [-0.05, 0) is 36.8 Å². The van der Waals surface area contributed by atoms with E-state index in [0.29, 0.717) is 5.92 Å². The molecule has 1 heterocycles. The molecule has 110 valence electrons. The summed E-state index contributed by atoms with van der Waals surface area (Å²) in [6.07, 6.45) is 3.00. The number of carbonyl (C=O) groups is 1. The molecule has 1 aliphatic rings. The lowest BCUT2D eigenvalue weighted by Gasteiger charge is -2.27. The molecule has 3 heteroatoms. The highest BCUT2D eigenvalue weighted by molar-refractivity contribution is 5.82. The molecular weight excluding hydrogens is 248 g/mol. The standard InChI is InChI=1S/C17H26N2O/c1-4-12(2)9-13(3)19-17(20)16-10-14-7-5-6-8-15(14)11-18-16/h5-8,12-13,16,18H,4,9-11H2,1-3H3,(H,19,20). The number of carbonyl (C=O) groups excluding carboxylic acids is 1. The maximum Gasteiger partial charge on any atom is 0.237 e. The molecule has 2 N–H and O–H groups in total. The van der Waals surface area contributed by atoms with Crippen LogP contribution in [0.15, 0.2) is 24.3 Å². The van der Waals surface area contributed by atoms with Crippen LogP contribution in [0.4, 0.5) is 0 Å². The Hall–Kier alpha value is -1.35. The van der Waals surface area contributed by atoms with Crippen LogP contribution in [0, 0.1) is 5.92 Å². The molecule has 0 aromatic heterocycles. The second-order valence-electron chi connectivity index (χ2n) is 6.07. The monoisotopic (exact) mass is 274 g/mol. The van der Waals surface area contributed by atoms with Crippen LogP contribution in [-0.4, -0.2) is 18.0 Å². The van der Waals surface area contributed by atoms with Crippen molar-refractivity contribution in [2.75, 3.05) is 0 Å². The summed E-state index contributed by atoms with van der Waals surface area (Å²) in [6.45, 7) is 7.31. The van der Waals surface area contributed by atoms with Crippen molar-refractivity contribution < 1.29 is 4.79 Å². The van der Waals surface area contributed by atoms with Crippen LogP contribution < -0.4 is 10.6 Å². The van der Waals surface area contributed by atoms with Gasteiger partial charge in [0.15, 0.2) is 0 Å². The summed E-state index contributed by atoms with van der Waals surface area (Å²) in [5, 5.41) is 6.48. The van der Waals surface area contributed by atoms with Crippen molar-refractivity contribution in [3.8, 4) is 0 Å². The molecule has 0 aliphatic carbocycles. The van der Waals surface area contributed by atoms with Crippen LogP contribution in [0.5, 0.6) is 0 Å². The van der Waals surface area contributed by atoms with Gasteiger partial charge in [0.1, 0.15) is 0 Å². The number of rotatable bonds is 5. The predicted octanol–water partition coefficient (Wildman–Crippen LogP) is 2.64. The van der Waals surface area contributed by atoms with Crippen LogP contribution in [-0.2, 0) is 17.8 Å². The lowest BCUT2D eigenvalue weighted by molar-refractivity contribution is -0.124. The van der Waals surface area contributed by atoms with Crippen LogP contribution >= 0.6 is 0 Å². The summed E-state index contributed by atoms with van der Waals surface area (Å²) in [7, 11) is 0. The average molecular weight is 274 g/mol. The molecular formula is C17H26N2O. The largest absolute Gasteiger partial charge is 0.352 e. The maximum absolute atomic E-state index is 12.3. The van der Waals surface area contributed by atoms with E-state index < -0.39 is 0 Å². The number of hydrogen-bond acceptors (Lipinski definition) is 2. The summed E-state index contributed by atoms with van der Waals surface area (Å²) in [4.78, 5) is 12.3. The molecule has 3 nitrogen and oxygen atoms in total. The van der Waals surface area contributed by atoms with Gasteiger partial charge in [-0.1, -0.05) is 44.5 Å². The third-order valence-corrected chi connectivity index (χ3v) is 4.24. The van der Waals surface area contributed by atoms with E-state index in [1.165, 1.54) is 11.1 Å². The van der Waals surface area contributed by atoms with Crippen LogP contribution in [0.1, 0.15) is 44.7 Å². The molecule has 1 aliphatic heterocycles. The Morgan fingerprint density at radius 1 is 1.35 bits per heavy atom. The highest BCUT2D eigenvalue weighted by Gasteiger charge is 2.24. The number of benzene rings is 1. The van der Waals surface area contributed by atoms with Crippen LogP contribution in [0.2, 0.25) is 0 Å². The lowest BCUT2D eigenvalue weighted by Crippen LogP contribution is -2.50. The van der Waals surface area contributed by atoms with E-state index in [-0.39, 0.29) is 18.0 Å². The van der Waals surface area contributed by atoms with Gasteiger partial charge < -0.3 is 10.6 Å². The van der Waals surface area contributed by atoms with Crippen LogP contribution in [0.25, 0.3) is 0 Å². The van der Waals surface area contributed by atoms with Crippen molar-refractivity contribution in [3.63, 3.8) is 0 Å². The summed E-state index contributed by atoms with van der Waals surface area (Å²) < 4.78 is 0. The van der Waals surface area contributed by atoms with E-state index in [2.05, 4.69) is 49.6 Å². The van der Waals surface area contributed by atoms with E-state index in [1.54, 1.807) is 0 Å². The summed E-state index contributed by atoms with van der Waals surface area (Å²) in [6, 6.07) is 8.50. The van der Waals surface area contributed by atoms with Crippen molar-refractivity contribution >= 4 is 5.91 Å². The molecule has 3 unspecified atom stereocenters. The highest BCUT2D eigenvalue weighted by atomic mass is 16.2. The fourth-order valence-electron chi connectivity index (χ4n) is 2.81. The topological polar surface area (TPSA) is 41.1 Å². The van der Waals surface area contributed by atoms with Gasteiger partial charge in [-0.2, -0.15) is 0 Å². The zero-order chi connectivity index (χ0) is 14.5. The fraction of sp³-hybridized carbons (Fsp3) is 0.588. The summed E-state index contributed by atoms with van der Waals surface area (Å²) >= 11 is 0. The van der Waals surface area contributed by atoms with Gasteiger partial charge in [0.2, 0.25) is 5.91 Å². The third kappa shape index (κ3) is 3.83. The van der Waals surface area contributed by atoms with E-state index >= 15 is 0 Å². The van der Waals surface area contributed by atoms with Crippen molar-refractivity contribution in [2.45, 2.75) is 58.7 Å². The van der Waals surface area contributed by atoms with E-state index in [9.17, 15) is 4.79 Å². The van der Waals surface area contributed by atoms with Crippen LogP contribution in [0.3, 0.4) is 0 Å². The molecule has 0 bridgehead atoms. The predicted molar refractivity (Wildman–Crippen MR) is 82.5 cm³/mol. The molecule has 0 saturated heterocycles. The van der Waals surface area contributed by atoms with Gasteiger partial charge in [-0.25, -0.2) is 0 Å². The Kier molecular flexibility index (Phi) is 5.18. The first-order valence-corrected chi connectivity index (χ1v) is 7.70. The number of nitrogens with one attached hydrogen (secondary N) is 2. The average Bonchev–Trinajstić information content (AvgIpc) is 2.46. The third-order valence-electron chi connectivity index (χ3n) is 4.24. The molecule has 3 atom stereocenters. The molecule has 2 rings (SSSR count). The minimum absolute atomic E-state index is 0.0933. The van der Waals surface area contributed by atoms with Crippen molar-refractivity contribution in [1.82, 2.24) is 10.6 Å². The smallest absolute Gasteiger partial charge is 0.237 e. The first-order valence-electron chi connectivity index (χ1n) is 7.70. The molecule has 0 fully saturated rings. The van der Waals surface area contributed by atoms with Gasteiger partial charge in [0.05, 0.1) is 6.04 Å². The molecule has 1 amide bonds. The number of fused-ring (bicyclic) bond motifs is 1. The second-order valence-corrected chi connectivity index (χ2v) is 6.07. The number of hydrogen-bond donors (Lipinski definition) is 2. The van der Waals surface area contributed by atoms with E-state index in [0.717, 1.165) is 25.8 Å². The molecule has 0 radical (unpaired) electrons. The quantitative estimate of drug-likeness (QED) is 0.866. The van der Waals surface area contributed by atoms with Gasteiger partial charge >= 0.3 is 0 Å². The fourth-order valence-corrected chi connectivity index (χ4v) is 2.81. The first-order chi connectivity index (χ1) is 9.60. The second kappa shape index (κ2) is 6.89. The van der Waals surface area contributed by atoms with E-state index in [1.807, 2.05) is 6.07 Å². The lowest BCUT2D eigenvalue weighted by atomic mass is 9.95. The Morgan fingerprint density at radius 3 is 2.75 bits per heavy atom. The SMILES string of the molecule is CCC(C)CC(C)NC(=O)C1Cc2ccccc2CN1. The minimum Gasteiger partial charge on any atom is -0.352 e. The van der Waals surface area contributed by atoms with Crippen molar-refractivity contribution in [2.24, 2.45) is 5.92 Å². The molecule has 1 aromatic carbocycles. The molecule has 0 spiro atoms. The zero-order valence-corrected chi connectivity index (χ0v) is 12.8. The first kappa shape index (κ1) is 15.0. The maximum atomic E-state index is 12.3. The van der Waals surface area contributed by atoms with Gasteiger partial charge in [-0.3, -0.25) is 4.79 Å². The summed E-state index contributed by atoms with van der Waals surface area (Å²) in [5.74, 6) is 0.792. The Bertz CT molecular complexity index is 458. The Morgan fingerprint density at radius 2 is 2.05 bits per heavy atom. The van der Waals surface area contributed by atoms with E-state index in [4.69, 9.17) is 0 Å². The normalized spacial score (nSPS) is 20.9. The van der Waals surface area contributed by atoms with Crippen molar-refractivity contribution in [3.05, 3.63) is 35.4 Å². The van der Waals surface area contributed by atoms with Gasteiger partial charge in [-0.15, -0.1) is 0 Å². The molecule has 1 aromatic rings. The van der Waals surface area contributed by atoms with Crippen molar-refractivity contribution in [1.29, 1.82) is 0 Å². The zero-order valence-electron chi connectivity index (χ0n) is 12.8. The molecule has 20 heavy (non-hydrogen) atoms.